The highest BCUT2D eigenvalue weighted by Crippen LogP contribution is 2.51. The average Bonchev–Trinajstić information content (AvgIpc) is 1.30. The van der Waals surface area contributed by atoms with Crippen LogP contribution in [0.25, 0.3) is 180 Å². The summed E-state index contributed by atoms with van der Waals surface area (Å²) in [4.78, 5) is 15.3. The lowest BCUT2D eigenvalue weighted by atomic mass is 10.1. The molecule has 9 nitrogen and oxygen atoms in total. The summed E-state index contributed by atoms with van der Waals surface area (Å²) in [6.45, 7) is 0. The number of imidazole rings is 3. The minimum Gasteiger partial charge on any atom is -0.309 e. The van der Waals surface area contributed by atoms with E-state index in [0.717, 1.165) is 206 Å². The Morgan fingerprint density at radius 2 is 0.403 bits per heavy atom. The smallest absolute Gasteiger partial charge is 0.172 e. The monoisotopic (exact) mass is 1700 g/mol. The minimum absolute atomic E-state index is 0.796. The summed E-state index contributed by atoms with van der Waals surface area (Å²) in [6.07, 6.45) is 0. The number of hydrogen-bond donors (Lipinski definition) is 0. The van der Waals surface area contributed by atoms with Crippen molar-refractivity contribution in [3.8, 4) is 0 Å². The van der Waals surface area contributed by atoms with Crippen LogP contribution in [0.1, 0.15) is 0 Å². The first-order valence-corrected chi connectivity index (χ1v) is 48.6. The Bertz CT molecular complexity index is 9300. The van der Waals surface area contributed by atoms with E-state index in [1.54, 1.807) is 0 Å². The minimum atomic E-state index is -3.39. The van der Waals surface area contributed by atoms with Gasteiger partial charge in [0.1, 0.15) is 16.9 Å². The van der Waals surface area contributed by atoms with Crippen molar-refractivity contribution in [1.82, 2.24) is 28.2 Å². The van der Waals surface area contributed by atoms with E-state index >= 15 is 13.7 Å². The fraction of sp³-hybridized carbons (Fsp3) is 0. The van der Waals surface area contributed by atoms with Gasteiger partial charge >= 0.3 is 0 Å². The third-order valence-corrected chi connectivity index (χ3v) is 35.7. The topological polar surface area (TPSA) is 103 Å². The van der Waals surface area contributed by atoms with Crippen molar-refractivity contribution in [2.75, 3.05) is 0 Å². The van der Waals surface area contributed by atoms with Gasteiger partial charge in [-0.1, -0.05) is 376 Å². The van der Waals surface area contributed by atoms with Gasteiger partial charge in [-0.15, -0.1) is 0 Å². The van der Waals surface area contributed by atoms with Crippen molar-refractivity contribution >= 4 is 249 Å². The van der Waals surface area contributed by atoms with Gasteiger partial charge in [0.15, 0.2) is 21.4 Å². The summed E-state index contributed by atoms with van der Waals surface area (Å²) >= 11 is 0. The highest BCUT2D eigenvalue weighted by Gasteiger charge is 2.37. The van der Waals surface area contributed by atoms with Gasteiger partial charge in [0.05, 0.1) is 49.7 Å². The second-order valence-electron chi connectivity index (χ2n) is 33.4. The fourth-order valence-electron chi connectivity index (χ4n) is 20.4. The highest BCUT2D eigenvalue weighted by atomic mass is 31.2. The SMILES string of the molecule is O=P(c1ccc2c3ccccc3c3nc4ccccc4n3c2c1)(c1cccc2ccccc12)c1cccc2ccccc12.O=P(c1ccc2ccccc2c1)(c1ccc2ccccc2c1)c1ccc2nc3c4ccccc4c4ccccc4n3c2c1.O=P(c1ccc2nc3c4ccccc4c4ccccc4n3c2c1)(c1cccc2ccccc12)c1cccc2ccccc12. The Kier molecular flexibility index (Phi) is 17.6. The molecule has 0 fully saturated rings. The third-order valence-electron chi connectivity index (χ3n) is 26.4. The van der Waals surface area contributed by atoms with Crippen molar-refractivity contribution in [1.29, 1.82) is 0 Å². The summed E-state index contributed by atoms with van der Waals surface area (Å²) in [7, 11) is -10.1. The zero-order valence-electron chi connectivity index (χ0n) is 69.6. The maximum atomic E-state index is 16.3. The van der Waals surface area contributed by atoms with Crippen LogP contribution in [0, 0.1) is 0 Å². The van der Waals surface area contributed by atoms with Gasteiger partial charge in [0.25, 0.3) is 0 Å². The molecule has 0 saturated heterocycles. The predicted octanol–water partition coefficient (Wildman–Crippen LogP) is 26.2. The van der Waals surface area contributed by atoms with E-state index in [1.807, 2.05) is 152 Å². The van der Waals surface area contributed by atoms with Crippen molar-refractivity contribution in [2.24, 2.45) is 0 Å². The molecule has 0 unspecified atom stereocenters. The van der Waals surface area contributed by atoms with E-state index in [9.17, 15) is 0 Å². The van der Waals surface area contributed by atoms with Crippen LogP contribution in [0.2, 0.25) is 0 Å². The van der Waals surface area contributed by atoms with E-state index in [4.69, 9.17) is 15.0 Å². The number of fused-ring (bicyclic) bond motifs is 30. The second kappa shape index (κ2) is 30.0. The van der Waals surface area contributed by atoms with Crippen molar-refractivity contribution in [3.05, 3.63) is 455 Å². The van der Waals surface area contributed by atoms with Crippen LogP contribution in [0.15, 0.2) is 455 Å². The summed E-state index contributed by atoms with van der Waals surface area (Å²) < 4.78 is 55.0. The van der Waals surface area contributed by atoms with Crippen molar-refractivity contribution in [3.63, 3.8) is 0 Å². The van der Waals surface area contributed by atoms with Gasteiger partial charge in [-0.05, 0) is 160 Å². The van der Waals surface area contributed by atoms with Crippen LogP contribution in [-0.2, 0) is 13.7 Å². The fourth-order valence-corrected chi connectivity index (χ4v) is 29.3. The van der Waals surface area contributed by atoms with Crippen molar-refractivity contribution < 1.29 is 13.7 Å². The Labute approximate surface area is 740 Å². The Balaban J connectivity index is 0.000000105. The van der Waals surface area contributed by atoms with Crippen LogP contribution in [-0.4, -0.2) is 28.2 Å². The largest absolute Gasteiger partial charge is 0.309 e. The quantitative estimate of drug-likeness (QED) is 0.105. The summed E-state index contributed by atoms with van der Waals surface area (Å²) in [5, 5.41) is 30.5. The molecule has 0 spiro atoms. The molecular weight excluding hydrogens is 1630 g/mol. The van der Waals surface area contributed by atoms with Crippen LogP contribution < -0.4 is 47.7 Å². The lowest BCUT2D eigenvalue weighted by Crippen LogP contribution is -2.26. The van der Waals surface area contributed by atoms with Gasteiger partial charge in [-0.2, -0.15) is 0 Å². The molecule has 0 bridgehead atoms. The van der Waals surface area contributed by atoms with Gasteiger partial charge in [0.2, 0.25) is 0 Å². The molecule has 606 valence electrons. The normalized spacial score (nSPS) is 12.3. The molecule has 0 N–H and O–H groups in total. The lowest BCUT2D eigenvalue weighted by Gasteiger charge is -2.24. The van der Waals surface area contributed by atoms with E-state index < -0.39 is 21.4 Å². The van der Waals surface area contributed by atoms with Gasteiger partial charge in [0, 0.05) is 80.1 Å². The molecular formula is C117H75N6O3P3. The molecule has 6 heterocycles. The average molecular weight is 1710 g/mol. The van der Waals surface area contributed by atoms with Crippen molar-refractivity contribution in [2.45, 2.75) is 0 Å². The molecule has 0 aliphatic carbocycles. The van der Waals surface area contributed by atoms with Crippen LogP contribution in [0.5, 0.6) is 0 Å². The first kappa shape index (κ1) is 75.8. The molecule has 27 aromatic rings. The standard InChI is InChI=1S/3C39H25N2OP/c42-43(37-21-9-13-26-11-1-3-15-29(26)37,38-22-10-14-27-12-2-4-16-30(27)38)28-23-24-34-36(25-28)41-35-20-8-7-18-32(35)31-17-5-6-19-33(31)39(41)40-34;42-43(37-21-9-13-26-11-1-3-15-29(26)37,38-22-10-14-27-12-2-4-16-30(27)38)28-23-24-32-31-17-5-6-18-33(31)39-40-34-19-7-8-20-35(34)41(39)36(32)25-28;42-43(30-19-17-26-9-1-3-11-28(26)23-30,31-20-18-27-10-2-4-12-29(27)24-31)32-21-22-36-38(25-32)41-37-16-8-7-14-34(37)33-13-5-6-15-35(33)39(41)40-36/h3*1-25H. The number of benzene rings is 21. The van der Waals surface area contributed by atoms with E-state index in [-0.39, 0.29) is 0 Å². The lowest BCUT2D eigenvalue weighted by molar-refractivity contribution is 0.592. The van der Waals surface area contributed by atoms with Gasteiger partial charge in [-0.3, -0.25) is 13.2 Å². The van der Waals surface area contributed by atoms with Gasteiger partial charge in [-0.25, -0.2) is 15.0 Å². The highest BCUT2D eigenvalue weighted by molar-refractivity contribution is 7.87. The maximum absolute atomic E-state index is 16.3. The number of nitrogens with zero attached hydrogens (tertiary/aromatic N) is 6. The van der Waals surface area contributed by atoms with Crippen LogP contribution in [0.4, 0.5) is 0 Å². The second-order valence-corrected chi connectivity index (χ2v) is 41.6. The molecule has 0 radical (unpaired) electrons. The Morgan fingerprint density at radius 1 is 0.155 bits per heavy atom. The maximum Gasteiger partial charge on any atom is 0.172 e. The number of para-hydroxylation sites is 4. The third kappa shape index (κ3) is 11.9. The Hall–Kier alpha value is -15.7. The zero-order valence-corrected chi connectivity index (χ0v) is 72.2. The summed E-state index contributed by atoms with van der Waals surface area (Å²) in [6, 6.07) is 156. The molecule has 12 heteroatoms. The molecule has 0 saturated carbocycles. The van der Waals surface area contributed by atoms with Crippen LogP contribution in [0.3, 0.4) is 0 Å². The van der Waals surface area contributed by atoms with E-state index in [0.29, 0.717) is 0 Å². The number of aromatic nitrogens is 6. The first-order chi connectivity index (χ1) is 63.6. The number of hydrogen-bond acceptors (Lipinski definition) is 6. The molecule has 0 amide bonds. The Morgan fingerprint density at radius 3 is 0.791 bits per heavy atom. The number of pyridine rings is 3. The first-order valence-electron chi connectivity index (χ1n) is 43.5. The van der Waals surface area contributed by atoms with Gasteiger partial charge < -0.3 is 13.7 Å². The molecule has 6 aromatic heterocycles. The number of rotatable bonds is 9. The molecule has 21 aromatic carbocycles. The predicted molar refractivity (Wildman–Crippen MR) is 546 cm³/mol. The van der Waals surface area contributed by atoms with Crippen LogP contribution >= 0.6 is 21.4 Å². The van der Waals surface area contributed by atoms with E-state index in [2.05, 4.69) is 317 Å². The molecule has 0 aliphatic heterocycles. The molecule has 0 atom stereocenters. The molecule has 0 aliphatic rings. The summed E-state index contributed by atoms with van der Waals surface area (Å²) in [5.74, 6) is 0. The summed E-state index contributed by atoms with van der Waals surface area (Å²) in [5.41, 5.74) is 11.6. The molecule has 129 heavy (non-hydrogen) atoms. The van der Waals surface area contributed by atoms with E-state index in [1.165, 1.54) is 21.5 Å². The molecule has 27 rings (SSSR count). The zero-order chi connectivity index (χ0) is 85.6.